The van der Waals surface area contributed by atoms with Gasteiger partial charge < -0.3 is 15.0 Å². The molecule has 2 N–H and O–H groups in total. The average molecular weight is 274 g/mol. The number of fused-ring (bicyclic) bond motifs is 1. The van der Waals surface area contributed by atoms with Gasteiger partial charge in [0.05, 0.1) is 5.56 Å². The number of amides is 1. The highest BCUT2D eigenvalue weighted by molar-refractivity contribution is 6.04. The number of para-hydroxylation sites is 1. The Labute approximate surface area is 117 Å². The van der Waals surface area contributed by atoms with Gasteiger partial charge in [0.15, 0.2) is 6.10 Å². The SMILES string of the molecule is CC(C)NC(=O)[C@H](C)OC(=O)c1c[nH]c2ccccc12. The Kier molecular flexibility index (Phi) is 4.08. The van der Waals surface area contributed by atoms with Crippen molar-refractivity contribution in [2.45, 2.75) is 32.9 Å². The maximum Gasteiger partial charge on any atom is 0.341 e. The zero-order valence-electron chi connectivity index (χ0n) is 11.8. The Balaban J connectivity index is 2.10. The lowest BCUT2D eigenvalue weighted by Gasteiger charge is -2.15. The number of benzene rings is 1. The number of carbonyl (C=O) groups is 2. The monoisotopic (exact) mass is 274 g/mol. The van der Waals surface area contributed by atoms with E-state index >= 15 is 0 Å². The van der Waals surface area contributed by atoms with Crippen LogP contribution in [-0.2, 0) is 9.53 Å². The van der Waals surface area contributed by atoms with E-state index in [1.807, 2.05) is 38.1 Å². The van der Waals surface area contributed by atoms with Crippen molar-refractivity contribution in [1.82, 2.24) is 10.3 Å². The van der Waals surface area contributed by atoms with E-state index in [9.17, 15) is 9.59 Å². The predicted octanol–water partition coefficient (Wildman–Crippen LogP) is 2.24. The molecule has 5 heteroatoms. The number of carbonyl (C=O) groups excluding carboxylic acids is 2. The van der Waals surface area contributed by atoms with Crippen molar-refractivity contribution in [3.8, 4) is 0 Å². The number of hydrogen-bond donors (Lipinski definition) is 2. The number of nitrogens with one attached hydrogen (secondary N) is 2. The normalized spacial score (nSPS) is 12.4. The fraction of sp³-hybridized carbons (Fsp3) is 0.333. The zero-order chi connectivity index (χ0) is 14.7. The Morgan fingerprint density at radius 2 is 1.90 bits per heavy atom. The first-order valence-corrected chi connectivity index (χ1v) is 6.56. The number of ether oxygens (including phenoxy) is 1. The van der Waals surface area contributed by atoms with E-state index in [0.717, 1.165) is 10.9 Å². The molecule has 2 rings (SSSR count). The van der Waals surface area contributed by atoms with Crippen LogP contribution in [0, 0.1) is 0 Å². The Morgan fingerprint density at radius 1 is 1.20 bits per heavy atom. The lowest BCUT2D eigenvalue weighted by Crippen LogP contribution is -2.39. The van der Waals surface area contributed by atoms with Gasteiger partial charge in [-0.25, -0.2) is 4.79 Å². The van der Waals surface area contributed by atoms with E-state index in [2.05, 4.69) is 10.3 Å². The molecule has 0 fully saturated rings. The number of aromatic amines is 1. The summed E-state index contributed by atoms with van der Waals surface area (Å²) in [6.45, 7) is 5.27. The van der Waals surface area contributed by atoms with Gasteiger partial charge in [0.2, 0.25) is 0 Å². The van der Waals surface area contributed by atoms with Crippen molar-refractivity contribution in [3.05, 3.63) is 36.0 Å². The molecule has 0 saturated heterocycles. The van der Waals surface area contributed by atoms with E-state index in [1.54, 1.807) is 13.1 Å². The Bertz CT molecular complexity index is 631. The highest BCUT2D eigenvalue weighted by atomic mass is 16.5. The van der Waals surface area contributed by atoms with Gasteiger partial charge in [-0.3, -0.25) is 4.79 Å². The van der Waals surface area contributed by atoms with Gasteiger partial charge in [-0.15, -0.1) is 0 Å². The van der Waals surface area contributed by atoms with Crippen LogP contribution in [0.2, 0.25) is 0 Å². The minimum Gasteiger partial charge on any atom is -0.449 e. The number of rotatable bonds is 4. The van der Waals surface area contributed by atoms with Gasteiger partial charge in [-0.2, -0.15) is 0 Å². The van der Waals surface area contributed by atoms with Crippen molar-refractivity contribution in [2.75, 3.05) is 0 Å². The van der Waals surface area contributed by atoms with Crippen LogP contribution in [0.25, 0.3) is 10.9 Å². The summed E-state index contributed by atoms with van der Waals surface area (Å²) in [5, 5.41) is 3.49. The molecule has 1 atom stereocenters. The molecule has 1 amide bonds. The molecule has 106 valence electrons. The second kappa shape index (κ2) is 5.77. The summed E-state index contributed by atoms with van der Waals surface area (Å²) in [6.07, 6.45) is 0.777. The summed E-state index contributed by atoms with van der Waals surface area (Å²) in [7, 11) is 0. The molecule has 0 aliphatic rings. The van der Waals surface area contributed by atoms with Crippen molar-refractivity contribution in [1.29, 1.82) is 0 Å². The molecule has 0 unspecified atom stereocenters. The van der Waals surface area contributed by atoms with Gasteiger partial charge >= 0.3 is 5.97 Å². The lowest BCUT2D eigenvalue weighted by atomic mass is 10.2. The summed E-state index contributed by atoms with van der Waals surface area (Å²) in [4.78, 5) is 26.8. The highest BCUT2D eigenvalue weighted by Crippen LogP contribution is 2.18. The molecule has 2 aromatic rings. The topological polar surface area (TPSA) is 71.2 Å². The molecule has 0 aliphatic heterocycles. The van der Waals surface area contributed by atoms with Crippen molar-refractivity contribution < 1.29 is 14.3 Å². The molecular weight excluding hydrogens is 256 g/mol. The molecule has 5 nitrogen and oxygen atoms in total. The van der Waals surface area contributed by atoms with Crippen molar-refractivity contribution >= 4 is 22.8 Å². The number of H-pyrrole nitrogens is 1. The summed E-state index contributed by atoms with van der Waals surface area (Å²) in [6, 6.07) is 7.45. The fourth-order valence-corrected chi connectivity index (χ4v) is 1.92. The first kappa shape index (κ1) is 14.1. The lowest BCUT2D eigenvalue weighted by molar-refractivity contribution is -0.129. The summed E-state index contributed by atoms with van der Waals surface area (Å²) < 4.78 is 5.19. The number of esters is 1. The first-order valence-electron chi connectivity index (χ1n) is 6.56. The molecule has 0 aliphatic carbocycles. The summed E-state index contributed by atoms with van der Waals surface area (Å²) in [5.41, 5.74) is 1.29. The summed E-state index contributed by atoms with van der Waals surface area (Å²) >= 11 is 0. The smallest absolute Gasteiger partial charge is 0.341 e. The van der Waals surface area contributed by atoms with E-state index in [-0.39, 0.29) is 11.9 Å². The van der Waals surface area contributed by atoms with Crippen LogP contribution in [0.1, 0.15) is 31.1 Å². The molecule has 20 heavy (non-hydrogen) atoms. The van der Waals surface area contributed by atoms with Crippen LogP contribution >= 0.6 is 0 Å². The number of aromatic nitrogens is 1. The van der Waals surface area contributed by atoms with E-state index in [0.29, 0.717) is 5.56 Å². The fourth-order valence-electron chi connectivity index (χ4n) is 1.92. The molecule has 0 saturated carbocycles. The second-order valence-electron chi connectivity index (χ2n) is 4.96. The molecular formula is C15H18N2O3. The maximum absolute atomic E-state index is 12.1. The van der Waals surface area contributed by atoms with Gasteiger partial charge in [-0.1, -0.05) is 18.2 Å². The van der Waals surface area contributed by atoms with Gasteiger partial charge in [0.1, 0.15) is 0 Å². The Hall–Kier alpha value is -2.30. The third-order valence-corrected chi connectivity index (χ3v) is 2.89. The van der Waals surface area contributed by atoms with Gasteiger partial charge in [0, 0.05) is 23.1 Å². The predicted molar refractivity (Wildman–Crippen MR) is 76.5 cm³/mol. The number of hydrogen-bond acceptors (Lipinski definition) is 3. The van der Waals surface area contributed by atoms with Crippen LogP contribution in [0.15, 0.2) is 30.5 Å². The van der Waals surface area contributed by atoms with Crippen molar-refractivity contribution in [2.24, 2.45) is 0 Å². The van der Waals surface area contributed by atoms with Gasteiger partial charge in [0.25, 0.3) is 5.91 Å². The summed E-state index contributed by atoms with van der Waals surface area (Å²) in [5.74, 6) is -0.804. The molecule has 1 aromatic heterocycles. The molecule has 0 bridgehead atoms. The minimum atomic E-state index is -0.821. The highest BCUT2D eigenvalue weighted by Gasteiger charge is 2.21. The van der Waals surface area contributed by atoms with Crippen LogP contribution in [0.3, 0.4) is 0 Å². The first-order chi connectivity index (χ1) is 9.49. The zero-order valence-corrected chi connectivity index (χ0v) is 11.8. The Morgan fingerprint density at radius 3 is 2.60 bits per heavy atom. The standard InChI is InChI=1S/C15H18N2O3/c1-9(2)17-14(18)10(3)20-15(19)12-8-16-13-7-5-4-6-11(12)13/h4-10,16H,1-3H3,(H,17,18)/t10-/m0/s1. The third-order valence-electron chi connectivity index (χ3n) is 2.89. The van der Waals surface area contributed by atoms with E-state index < -0.39 is 12.1 Å². The largest absolute Gasteiger partial charge is 0.449 e. The molecule has 1 aromatic carbocycles. The van der Waals surface area contributed by atoms with E-state index in [4.69, 9.17) is 4.74 Å². The quantitative estimate of drug-likeness (QED) is 0.840. The van der Waals surface area contributed by atoms with Crippen LogP contribution in [-0.4, -0.2) is 29.0 Å². The third kappa shape index (κ3) is 2.99. The van der Waals surface area contributed by atoms with Crippen LogP contribution in [0.5, 0.6) is 0 Å². The van der Waals surface area contributed by atoms with Crippen LogP contribution in [0.4, 0.5) is 0 Å². The average Bonchev–Trinajstić information content (AvgIpc) is 2.81. The molecule has 1 heterocycles. The van der Waals surface area contributed by atoms with E-state index in [1.165, 1.54) is 0 Å². The molecule has 0 radical (unpaired) electrons. The molecule has 0 spiro atoms. The minimum absolute atomic E-state index is 0.0109. The van der Waals surface area contributed by atoms with Gasteiger partial charge in [-0.05, 0) is 26.8 Å². The van der Waals surface area contributed by atoms with Crippen molar-refractivity contribution in [3.63, 3.8) is 0 Å². The second-order valence-corrected chi connectivity index (χ2v) is 4.96. The maximum atomic E-state index is 12.1. The van der Waals surface area contributed by atoms with Crippen LogP contribution < -0.4 is 5.32 Å².